The highest BCUT2D eigenvalue weighted by Gasteiger charge is 2.13. The smallest absolute Gasteiger partial charge is 0.253 e. The molecule has 0 fully saturated rings. The number of aryl methyl sites for hydroxylation is 2. The lowest BCUT2D eigenvalue weighted by molar-refractivity contribution is 0.108. The Balaban J connectivity index is 2.31. The summed E-state index contributed by atoms with van der Waals surface area (Å²) >= 11 is 7.39. The molecule has 2 nitrogen and oxygen atoms in total. The number of benzene rings is 1. The second-order valence-electron chi connectivity index (χ2n) is 4.76. The van der Waals surface area contributed by atoms with Crippen molar-refractivity contribution < 1.29 is 4.79 Å². The fourth-order valence-corrected chi connectivity index (χ4v) is 3.19. The van der Waals surface area contributed by atoms with Gasteiger partial charge < -0.3 is 0 Å². The molecule has 0 N–H and O–H groups in total. The van der Waals surface area contributed by atoms with Gasteiger partial charge in [-0.25, -0.2) is 4.98 Å². The van der Waals surface area contributed by atoms with Crippen LogP contribution in [-0.4, -0.2) is 10.2 Å². The van der Waals surface area contributed by atoms with Gasteiger partial charge in [-0.1, -0.05) is 11.6 Å². The van der Waals surface area contributed by atoms with Gasteiger partial charge in [-0.3, -0.25) is 4.79 Å². The average Bonchev–Trinajstić information content (AvgIpc) is 2.84. The molecule has 3 rings (SSSR count). The molecule has 0 atom stereocenters. The quantitative estimate of drug-likeness (QED) is 0.626. The summed E-state index contributed by atoms with van der Waals surface area (Å²) in [6.45, 7) is 4.03. The highest BCUT2D eigenvalue weighted by Crippen LogP contribution is 2.30. The van der Waals surface area contributed by atoms with Crippen molar-refractivity contribution in [3.8, 4) is 10.6 Å². The van der Waals surface area contributed by atoms with Gasteiger partial charge in [-0.05, 0) is 55.8 Å². The largest absolute Gasteiger partial charge is 0.276 e. The number of hydrogen-bond donors (Lipinski definition) is 0. The first-order chi connectivity index (χ1) is 9.54. The summed E-state index contributed by atoms with van der Waals surface area (Å²) in [6.07, 6.45) is 0. The monoisotopic (exact) mass is 301 g/mol. The van der Waals surface area contributed by atoms with Crippen molar-refractivity contribution >= 4 is 39.1 Å². The Bertz CT molecular complexity index is 822. The van der Waals surface area contributed by atoms with Crippen LogP contribution in [-0.2, 0) is 0 Å². The van der Waals surface area contributed by atoms with Gasteiger partial charge in [0.05, 0.1) is 16.1 Å². The van der Waals surface area contributed by atoms with E-state index in [2.05, 4.69) is 4.98 Å². The number of rotatable bonds is 2. The third-order valence-electron chi connectivity index (χ3n) is 3.17. The first-order valence-corrected chi connectivity index (χ1v) is 7.42. The van der Waals surface area contributed by atoms with Crippen molar-refractivity contribution in [2.24, 2.45) is 0 Å². The fraction of sp³-hybridized carbons (Fsp3) is 0.125. The molecule has 0 radical (unpaired) electrons. The molecule has 0 saturated carbocycles. The van der Waals surface area contributed by atoms with Crippen molar-refractivity contribution in [3.05, 3.63) is 52.4 Å². The normalized spacial score (nSPS) is 10.9. The highest BCUT2D eigenvalue weighted by atomic mass is 35.5. The molecule has 100 valence electrons. The number of pyridine rings is 1. The van der Waals surface area contributed by atoms with Crippen molar-refractivity contribution in [1.29, 1.82) is 0 Å². The summed E-state index contributed by atoms with van der Waals surface area (Å²) in [5, 5.41) is 0.361. The summed E-state index contributed by atoms with van der Waals surface area (Å²) < 4.78 is 0. The first-order valence-electron chi connectivity index (χ1n) is 6.22. The van der Waals surface area contributed by atoms with Crippen molar-refractivity contribution in [2.75, 3.05) is 0 Å². The van der Waals surface area contributed by atoms with Crippen LogP contribution in [0.3, 0.4) is 0 Å². The number of carbonyl (C=O) groups is 1. The maximum Gasteiger partial charge on any atom is 0.253 e. The van der Waals surface area contributed by atoms with E-state index < -0.39 is 5.24 Å². The number of carbonyl (C=O) groups excluding carboxylic acids is 1. The van der Waals surface area contributed by atoms with Gasteiger partial charge in [0.25, 0.3) is 5.24 Å². The number of fused-ring (bicyclic) bond motifs is 1. The number of aromatic nitrogens is 1. The molecule has 2 aromatic heterocycles. The lowest BCUT2D eigenvalue weighted by Gasteiger charge is -2.06. The Morgan fingerprint density at radius 1 is 1.15 bits per heavy atom. The number of hydrogen-bond acceptors (Lipinski definition) is 3. The first kappa shape index (κ1) is 13.3. The molecule has 0 amide bonds. The Hall–Kier alpha value is -1.71. The summed E-state index contributed by atoms with van der Waals surface area (Å²) in [7, 11) is 0. The van der Waals surface area contributed by atoms with Gasteiger partial charge in [0, 0.05) is 15.8 Å². The van der Waals surface area contributed by atoms with E-state index in [9.17, 15) is 4.79 Å². The van der Waals surface area contributed by atoms with Crippen LogP contribution in [0.1, 0.15) is 20.8 Å². The molecule has 0 saturated heterocycles. The molecule has 20 heavy (non-hydrogen) atoms. The maximum atomic E-state index is 11.7. The van der Waals surface area contributed by atoms with Crippen molar-refractivity contribution in [3.63, 3.8) is 0 Å². The van der Waals surface area contributed by atoms with Gasteiger partial charge in [0.1, 0.15) is 0 Å². The molecule has 0 spiro atoms. The van der Waals surface area contributed by atoms with Crippen LogP contribution in [0.2, 0.25) is 0 Å². The summed E-state index contributed by atoms with van der Waals surface area (Å²) in [5.74, 6) is 0. The Morgan fingerprint density at radius 2 is 1.95 bits per heavy atom. The van der Waals surface area contributed by atoms with Gasteiger partial charge >= 0.3 is 0 Å². The van der Waals surface area contributed by atoms with Crippen LogP contribution in [0.4, 0.5) is 0 Å². The van der Waals surface area contributed by atoms with Gasteiger partial charge in [0.2, 0.25) is 0 Å². The van der Waals surface area contributed by atoms with Gasteiger partial charge in [-0.2, -0.15) is 0 Å². The van der Waals surface area contributed by atoms with Crippen LogP contribution in [0.25, 0.3) is 21.5 Å². The Morgan fingerprint density at radius 3 is 2.60 bits per heavy atom. The van der Waals surface area contributed by atoms with Crippen LogP contribution in [0.5, 0.6) is 0 Å². The van der Waals surface area contributed by atoms with E-state index in [1.54, 1.807) is 17.4 Å². The molecule has 2 heterocycles. The standard InChI is InChI=1S/C16H12ClNOS/c1-9-3-5-13-11(7-9)12(16(17)19)8-14(18-13)15-6-4-10(2)20-15/h3-8H,1-2H3. The van der Waals surface area contributed by atoms with Crippen LogP contribution in [0, 0.1) is 13.8 Å². The zero-order chi connectivity index (χ0) is 14.3. The second-order valence-corrected chi connectivity index (χ2v) is 6.39. The molecular formula is C16H12ClNOS. The second kappa shape index (κ2) is 5.00. The van der Waals surface area contributed by atoms with Gasteiger partial charge in [0.15, 0.2) is 0 Å². The van der Waals surface area contributed by atoms with E-state index in [4.69, 9.17) is 11.6 Å². The molecule has 0 aliphatic carbocycles. The zero-order valence-electron chi connectivity index (χ0n) is 11.1. The summed E-state index contributed by atoms with van der Waals surface area (Å²) in [6, 6.07) is 11.7. The number of thiophene rings is 1. The van der Waals surface area contributed by atoms with Crippen LogP contribution < -0.4 is 0 Å². The van der Waals surface area contributed by atoms with Gasteiger partial charge in [-0.15, -0.1) is 11.3 Å². The minimum absolute atomic E-state index is 0.447. The van der Waals surface area contributed by atoms with Crippen molar-refractivity contribution in [2.45, 2.75) is 13.8 Å². The van der Waals surface area contributed by atoms with E-state index in [1.165, 1.54) is 4.88 Å². The maximum absolute atomic E-state index is 11.7. The number of nitrogens with zero attached hydrogens (tertiary/aromatic N) is 1. The SMILES string of the molecule is Cc1ccc2nc(-c3ccc(C)s3)cc(C(=O)Cl)c2c1. The molecule has 1 aromatic carbocycles. The molecule has 0 bridgehead atoms. The van der Waals surface area contributed by atoms with E-state index >= 15 is 0 Å². The van der Waals surface area contributed by atoms with E-state index in [0.29, 0.717) is 5.56 Å². The zero-order valence-corrected chi connectivity index (χ0v) is 12.7. The average molecular weight is 302 g/mol. The minimum Gasteiger partial charge on any atom is -0.276 e. The molecule has 0 unspecified atom stereocenters. The molecule has 3 aromatic rings. The predicted molar refractivity (Wildman–Crippen MR) is 84.7 cm³/mol. The van der Waals surface area contributed by atoms with Crippen LogP contribution in [0.15, 0.2) is 36.4 Å². The number of halogens is 1. The summed E-state index contributed by atoms with van der Waals surface area (Å²) in [4.78, 5) is 18.6. The molecular weight excluding hydrogens is 290 g/mol. The molecule has 0 aliphatic rings. The lowest BCUT2D eigenvalue weighted by Crippen LogP contribution is -1.95. The predicted octanol–water partition coefficient (Wildman–Crippen LogP) is 4.96. The Labute approximate surface area is 126 Å². The molecule has 0 aliphatic heterocycles. The van der Waals surface area contributed by atoms with E-state index in [0.717, 1.165) is 27.0 Å². The minimum atomic E-state index is -0.447. The van der Waals surface area contributed by atoms with Crippen molar-refractivity contribution in [1.82, 2.24) is 4.98 Å². The lowest BCUT2D eigenvalue weighted by atomic mass is 10.1. The summed E-state index contributed by atoms with van der Waals surface area (Å²) in [5.41, 5.74) is 3.19. The Kier molecular flexibility index (Phi) is 3.32. The van der Waals surface area contributed by atoms with E-state index in [1.807, 2.05) is 44.2 Å². The van der Waals surface area contributed by atoms with E-state index in [-0.39, 0.29) is 0 Å². The highest BCUT2D eigenvalue weighted by molar-refractivity contribution is 7.15. The van der Waals surface area contributed by atoms with Crippen LogP contribution >= 0.6 is 22.9 Å². The topological polar surface area (TPSA) is 30.0 Å². The third kappa shape index (κ3) is 2.35. The third-order valence-corrected chi connectivity index (χ3v) is 4.40. The molecule has 4 heteroatoms. The fourth-order valence-electron chi connectivity index (χ4n) is 2.20.